The van der Waals surface area contributed by atoms with Gasteiger partial charge in [-0.2, -0.15) is 0 Å². The van der Waals surface area contributed by atoms with Crippen LogP contribution in [0, 0.1) is 5.92 Å². The number of aryl methyl sites for hydroxylation is 2. The Morgan fingerprint density at radius 3 is 2.73 bits per heavy atom. The quantitative estimate of drug-likeness (QED) is 0.896. The average Bonchev–Trinajstić information content (AvgIpc) is 2.91. The zero-order valence-corrected chi connectivity index (χ0v) is 13.6. The topological polar surface area (TPSA) is 55.1 Å². The number of nitrogens with two attached hydrogens (primary N) is 1. The SMILES string of the molecule is CC(NC(=O)C[C@@H]1CCC[C@H]1N)c1ccc2c(c1)CCCC2. The lowest BCUT2D eigenvalue weighted by Gasteiger charge is -2.21. The fourth-order valence-electron chi connectivity index (χ4n) is 3.96. The van der Waals surface area contributed by atoms with Crippen LogP contribution in [0.4, 0.5) is 0 Å². The highest BCUT2D eigenvalue weighted by molar-refractivity contribution is 5.76. The number of amides is 1. The molecule has 0 heterocycles. The van der Waals surface area contributed by atoms with E-state index in [0.29, 0.717) is 12.3 Å². The number of hydrogen-bond donors (Lipinski definition) is 2. The van der Waals surface area contributed by atoms with E-state index in [-0.39, 0.29) is 18.0 Å². The maximum atomic E-state index is 12.3. The van der Waals surface area contributed by atoms with Gasteiger partial charge in [0.25, 0.3) is 0 Å². The summed E-state index contributed by atoms with van der Waals surface area (Å²) in [7, 11) is 0. The lowest BCUT2D eigenvalue weighted by molar-refractivity contribution is -0.122. The van der Waals surface area contributed by atoms with Crippen LogP contribution in [0.5, 0.6) is 0 Å². The average molecular weight is 300 g/mol. The van der Waals surface area contributed by atoms with Crippen molar-refractivity contribution >= 4 is 5.91 Å². The lowest BCUT2D eigenvalue weighted by atomic mass is 9.89. The molecule has 3 heteroatoms. The Morgan fingerprint density at radius 2 is 2.00 bits per heavy atom. The molecule has 1 unspecified atom stereocenters. The first-order chi connectivity index (χ1) is 10.6. The predicted molar refractivity (Wildman–Crippen MR) is 89.6 cm³/mol. The molecular weight excluding hydrogens is 272 g/mol. The first-order valence-corrected chi connectivity index (χ1v) is 8.80. The summed E-state index contributed by atoms with van der Waals surface area (Å²) in [4.78, 5) is 12.3. The van der Waals surface area contributed by atoms with E-state index < -0.39 is 0 Å². The molecular formula is C19H28N2O. The number of rotatable bonds is 4. The van der Waals surface area contributed by atoms with Crippen LogP contribution in [-0.2, 0) is 17.6 Å². The van der Waals surface area contributed by atoms with Gasteiger partial charge in [0.15, 0.2) is 0 Å². The third-order valence-corrected chi connectivity index (χ3v) is 5.42. The van der Waals surface area contributed by atoms with Crippen LogP contribution in [0.25, 0.3) is 0 Å². The highest BCUT2D eigenvalue weighted by atomic mass is 16.1. The molecule has 0 aliphatic heterocycles. The molecule has 3 nitrogen and oxygen atoms in total. The van der Waals surface area contributed by atoms with Crippen LogP contribution in [0.15, 0.2) is 18.2 Å². The van der Waals surface area contributed by atoms with Gasteiger partial charge in [-0.05, 0) is 68.1 Å². The second kappa shape index (κ2) is 6.82. The van der Waals surface area contributed by atoms with Crippen molar-refractivity contribution in [3.63, 3.8) is 0 Å². The van der Waals surface area contributed by atoms with Crippen LogP contribution in [-0.4, -0.2) is 11.9 Å². The van der Waals surface area contributed by atoms with E-state index in [1.54, 1.807) is 0 Å². The Bertz CT molecular complexity index is 540. The maximum absolute atomic E-state index is 12.3. The molecule has 1 aromatic rings. The van der Waals surface area contributed by atoms with Gasteiger partial charge < -0.3 is 11.1 Å². The van der Waals surface area contributed by atoms with Crippen molar-refractivity contribution in [1.29, 1.82) is 0 Å². The van der Waals surface area contributed by atoms with Crippen molar-refractivity contribution in [1.82, 2.24) is 5.32 Å². The van der Waals surface area contributed by atoms with E-state index >= 15 is 0 Å². The van der Waals surface area contributed by atoms with E-state index in [0.717, 1.165) is 12.8 Å². The largest absolute Gasteiger partial charge is 0.350 e. The van der Waals surface area contributed by atoms with Crippen LogP contribution in [0.2, 0.25) is 0 Å². The van der Waals surface area contributed by atoms with Gasteiger partial charge in [0.05, 0.1) is 6.04 Å². The van der Waals surface area contributed by atoms with Gasteiger partial charge in [-0.3, -0.25) is 4.79 Å². The van der Waals surface area contributed by atoms with E-state index in [1.807, 2.05) is 0 Å². The van der Waals surface area contributed by atoms with Crippen LogP contribution in [0.1, 0.15) is 68.2 Å². The zero-order valence-electron chi connectivity index (χ0n) is 13.6. The Labute approximate surface area is 133 Å². The molecule has 2 aliphatic carbocycles. The molecule has 1 aromatic carbocycles. The monoisotopic (exact) mass is 300 g/mol. The summed E-state index contributed by atoms with van der Waals surface area (Å²) in [6.45, 7) is 2.08. The molecule has 0 saturated heterocycles. The van der Waals surface area contributed by atoms with Gasteiger partial charge in [-0.25, -0.2) is 0 Å². The number of carbonyl (C=O) groups excluding carboxylic acids is 1. The van der Waals surface area contributed by atoms with E-state index in [2.05, 4.69) is 30.4 Å². The molecule has 0 spiro atoms. The minimum atomic E-state index is 0.0809. The summed E-state index contributed by atoms with van der Waals surface area (Å²) < 4.78 is 0. The molecule has 3 rings (SSSR count). The molecule has 1 amide bonds. The summed E-state index contributed by atoms with van der Waals surface area (Å²) in [5.41, 5.74) is 10.3. The predicted octanol–water partition coefficient (Wildman–Crippen LogP) is 3.26. The van der Waals surface area contributed by atoms with Crippen LogP contribution < -0.4 is 11.1 Å². The van der Waals surface area contributed by atoms with Crippen molar-refractivity contribution in [3.05, 3.63) is 34.9 Å². The molecule has 22 heavy (non-hydrogen) atoms. The molecule has 0 bridgehead atoms. The second-order valence-electron chi connectivity index (χ2n) is 7.08. The Balaban J connectivity index is 1.59. The molecule has 1 saturated carbocycles. The summed E-state index contributed by atoms with van der Waals surface area (Å²) in [5, 5.41) is 3.16. The third kappa shape index (κ3) is 3.52. The first-order valence-electron chi connectivity index (χ1n) is 8.80. The minimum Gasteiger partial charge on any atom is -0.350 e. The number of carbonyl (C=O) groups is 1. The summed E-state index contributed by atoms with van der Waals surface area (Å²) in [5.74, 6) is 0.517. The normalized spacial score (nSPS) is 25.5. The third-order valence-electron chi connectivity index (χ3n) is 5.42. The van der Waals surface area contributed by atoms with Gasteiger partial charge in [0.1, 0.15) is 0 Å². The highest BCUT2D eigenvalue weighted by Gasteiger charge is 2.26. The van der Waals surface area contributed by atoms with Gasteiger partial charge >= 0.3 is 0 Å². The fraction of sp³-hybridized carbons (Fsp3) is 0.632. The highest BCUT2D eigenvalue weighted by Crippen LogP contribution is 2.28. The summed E-state index contributed by atoms with van der Waals surface area (Å²) in [6.07, 6.45) is 8.89. The molecule has 0 aromatic heterocycles. The van der Waals surface area contributed by atoms with Gasteiger partial charge in [0, 0.05) is 12.5 Å². The Morgan fingerprint density at radius 1 is 1.23 bits per heavy atom. The number of benzene rings is 1. The Hall–Kier alpha value is -1.35. The molecule has 1 fully saturated rings. The smallest absolute Gasteiger partial charge is 0.220 e. The number of nitrogens with one attached hydrogen (secondary N) is 1. The maximum Gasteiger partial charge on any atom is 0.220 e. The van der Waals surface area contributed by atoms with Crippen molar-refractivity contribution < 1.29 is 4.79 Å². The molecule has 3 N–H and O–H groups in total. The summed E-state index contributed by atoms with van der Waals surface area (Å²) in [6, 6.07) is 7.01. The summed E-state index contributed by atoms with van der Waals surface area (Å²) >= 11 is 0. The van der Waals surface area contributed by atoms with E-state index in [9.17, 15) is 4.79 Å². The van der Waals surface area contributed by atoms with Crippen molar-refractivity contribution in [2.75, 3.05) is 0 Å². The first kappa shape index (κ1) is 15.5. The van der Waals surface area contributed by atoms with Crippen molar-refractivity contribution in [2.45, 2.75) is 70.4 Å². The molecule has 120 valence electrons. The minimum absolute atomic E-state index is 0.0809. The van der Waals surface area contributed by atoms with E-state index in [4.69, 9.17) is 5.73 Å². The van der Waals surface area contributed by atoms with Crippen molar-refractivity contribution in [3.8, 4) is 0 Å². The lowest BCUT2D eigenvalue weighted by Crippen LogP contribution is -2.33. The van der Waals surface area contributed by atoms with Gasteiger partial charge in [-0.15, -0.1) is 0 Å². The van der Waals surface area contributed by atoms with Gasteiger partial charge in [0.2, 0.25) is 5.91 Å². The Kier molecular flexibility index (Phi) is 4.82. The van der Waals surface area contributed by atoms with E-state index in [1.165, 1.54) is 48.8 Å². The van der Waals surface area contributed by atoms with Crippen LogP contribution in [0.3, 0.4) is 0 Å². The molecule has 3 atom stereocenters. The standard InChI is InChI=1S/C19H28N2O/c1-13(21-19(22)12-17-7-4-8-18(17)20)15-10-9-14-5-2-3-6-16(14)11-15/h9-11,13,17-18H,2-8,12,20H2,1H3,(H,21,22)/t13?,17-,18+/m0/s1. The number of hydrogen-bond acceptors (Lipinski definition) is 2. The van der Waals surface area contributed by atoms with Gasteiger partial charge in [-0.1, -0.05) is 24.6 Å². The zero-order chi connectivity index (χ0) is 15.5. The fourth-order valence-corrected chi connectivity index (χ4v) is 3.96. The molecule has 0 radical (unpaired) electrons. The number of fused-ring (bicyclic) bond motifs is 1. The molecule has 2 aliphatic rings. The van der Waals surface area contributed by atoms with Crippen LogP contribution >= 0.6 is 0 Å². The second-order valence-corrected chi connectivity index (χ2v) is 7.08. The van der Waals surface area contributed by atoms with Crippen molar-refractivity contribution in [2.24, 2.45) is 11.7 Å².